The Hall–Kier alpha value is -4.18. The van der Waals surface area contributed by atoms with E-state index in [0.717, 1.165) is 43.0 Å². The molecule has 5 rings (SSSR count). The van der Waals surface area contributed by atoms with E-state index in [9.17, 15) is 0 Å². The number of allylic oxidation sites excluding steroid dienone is 1. The zero-order chi connectivity index (χ0) is 26.0. The van der Waals surface area contributed by atoms with Gasteiger partial charge in [-0.25, -0.2) is 9.97 Å². The van der Waals surface area contributed by atoms with E-state index in [4.69, 9.17) is 4.98 Å². The number of H-pyrrole nitrogens is 1. The Labute approximate surface area is 220 Å². The number of imidazole rings is 1. The van der Waals surface area contributed by atoms with Crippen molar-refractivity contribution in [1.82, 2.24) is 15.0 Å². The van der Waals surface area contributed by atoms with Crippen LogP contribution in [0.2, 0.25) is 0 Å². The standard InChI is InChI=1S/C20H24N4.C13H12/c1-3-10-24(14-19-13-21-15-23-19)20-16(4-2)11-18(12-22-20)17-8-6-5-7-9-17;1-10(2)12-9-5-7-11-6-3-4-8-13(11)12/h5-9,11-13,15H,3-4,10,14H2,1-2H3,(H,21,23);3-9H,1H2,2H3. The van der Waals surface area contributed by atoms with Gasteiger partial charge in [0.25, 0.3) is 0 Å². The fraction of sp³-hybridized carbons (Fsp3) is 0.212. The van der Waals surface area contributed by atoms with E-state index in [2.05, 4.69) is 108 Å². The molecule has 0 aliphatic carbocycles. The maximum Gasteiger partial charge on any atom is 0.132 e. The van der Waals surface area contributed by atoms with Crippen molar-refractivity contribution in [3.63, 3.8) is 0 Å². The molecule has 4 heteroatoms. The summed E-state index contributed by atoms with van der Waals surface area (Å²) in [5.41, 5.74) is 7.15. The van der Waals surface area contributed by atoms with Gasteiger partial charge >= 0.3 is 0 Å². The smallest absolute Gasteiger partial charge is 0.132 e. The third kappa shape index (κ3) is 6.53. The highest BCUT2D eigenvalue weighted by Crippen LogP contribution is 2.27. The number of nitrogens with zero attached hydrogens (tertiary/aromatic N) is 3. The van der Waals surface area contributed by atoms with E-state index in [1.54, 1.807) is 6.33 Å². The molecule has 188 valence electrons. The van der Waals surface area contributed by atoms with Gasteiger partial charge in [0.2, 0.25) is 0 Å². The Morgan fingerprint density at radius 3 is 2.35 bits per heavy atom. The summed E-state index contributed by atoms with van der Waals surface area (Å²) in [6.45, 7) is 12.2. The molecule has 0 radical (unpaired) electrons. The molecule has 0 aliphatic heterocycles. The van der Waals surface area contributed by atoms with Crippen molar-refractivity contribution in [1.29, 1.82) is 0 Å². The predicted molar refractivity (Wildman–Crippen MR) is 158 cm³/mol. The van der Waals surface area contributed by atoms with Gasteiger partial charge in [-0.1, -0.05) is 98.8 Å². The summed E-state index contributed by atoms with van der Waals surface area (Å²) < 4.78 is 0. The van der Waals surface area contributed by atoms with Gasteiger partial charge in [-0.05, 0) is 53.3 Å². The molecule has 37 heavy (non-hydrogen) atoms. The minimum atomic E-state index is 0.804. The summed E-state index contributed by atoms with van der Waals surface area (Å²) in [5, 5.41) is 2.57. The van der Waals surface area contributed by atoms with Crippen molar-refractivity contribution in [3.8, 4) is 11.1 Å². The summed E-state index contributed by atoms with van der Waals surface area (Å²) in [7, 11) is 0. The van der Waals surface area contributed by atoms with Crippen LogP contribution in [0.25, 0.3) is 27.5 Å². The molecule has 0 aliphatic rings. The van der Waals surface area contributed by atoms with Crippen molar-refractivity contribution in [2.75, 3.05) is 11.4 Å². The molecule has 1 N–H and O–H groups in total. The Kier molecular flexibility index (Phi) is 8.88. The second-order valence-electron chi connectivity index (χ2n) is 9.23. The maximum absolute atomic E-state index is 4.82. The highest BCUT2D eigenvalue weighted by molar-refractivity contribution is 5.92. The highest BCUT2D eigenvalue weighted by Gasteiger charge is 2.14. The van der Waals surface area contributed by atoms with E-state index in [1.807, 2.05) is 25.4 Å². The SMILES string of the molecule is C=C(C)c1cccc2ccccc12.CCCN(Cc1cnc[nH]1)c1ncc(-c2ccccc2)cc1CC. The van der Waals surface area contributed by atoms with Crippen LogP contribution in [0, 0.1) is 0 Å². The van der Waals surface area contributed by atoms with E-state index in [-0.39, 0.29) is 0 Å². The molecule has 4 nitrogen and oxygen atoms in total. The van der Waals surface area contributed by atoms with Crippen molar-refractivity contribution < 1.29 is 0 Å². The first-order chi connectivity index (χ1) is 18.1. The fourth-order valence-electron chi connectivity index (χ4n) is 4.54. The first-order valence-electron chi connectivity index (χ1n) is 13.0. The van der Waals surface area contributed by atoms with E-state index < -0.39 is 0 Å². The predicted octanol–water partition coefficient (Wildman–Crippen LogP) is 8.32. The zero-order valence-corrected chi connectivity index (χ0v) is 22.1. The molecule has 2 aromatic heterocycles. The quantitative estimate of drug-likeness (QED) is 0.239. The lowest BCUT2D eigenvalue weighted by Gasteiger charge is -2.25. The summed E-state index contributed by atoms with van der Waals surface area (Å²) >= 11 is 0. The number of aryl methyl sites for hydroxylation is 1. The Morgan fingerprint density at radius 2 is 1.65 bits per heavy atom. The normalized spacial score (nSPS) is 10.6. The van der Waals surface area contributed by atoms with Gasteiger partial charge < -0.3 is 9.88 Å². The Morgan fingerprint density at radius 1 is 0.892 bits per heavy atom. The number of aromatic nitrogens is 3. The summed E-state index contributed by atoms with van der Waals surface area (Å²) in [5.74, 6) is 1.08. The molecule has 0 bridgehead atoms. The van der Waals surface area contributed by atoms with Crippen LogP contribution in [0.5, 0.6) is 0 Å². The van der Waals surface area contributed by atoms with Gasteiger partial charge in [0, 0.05) is 24.5 Å². The van der Waals surface area contributed by atoms with Crippen molar-refractivity contribution in [3.05, 3.63) is 121 Å². The largest absolute Gasteiger partial charge is 0.351 e. The summed E-state index contributed by atoms with van der Waals surface area (Å²) in [4.78, 5) is 14.5. The lowest BCUT2D eigenvalue weighted by Crippen LogP contribution is -2.26. The van der Waals surface area contributed by atoms with Crippen LogP contribution in [-0.4, -0.2) is 21.5 Å². The summed E-state index contributed by atoms with van der Waals surface area (Å²) in [6, 6.07) is 27.4. The minimum absolute atomic E-state index is 0.804. The lowest BCUT2D eigenvalue weighted by molar-refractivity contribution is 0.739. The van der Waals surface area contributed by atoms with Gasteiger partial charge in [-0.3, -0.25) is 0 Å². The van der Waals surface area contributed by atoms with Crippen LogP contribution in [0.1, 0.15) is 44.0 Å². The third-order valence-corrected chi connectivity index (χ3v) is 6.39. The average Bonchev–Trinajstić information content (AvgIpc) is 3.46. The zero-order valence-electron chi connectivity index (χ0n) is 22.1. The van der Waals surface area contributed by atoms with Crippen LogP contribution in [0.3, 0.4) is 0 Å². The summed E-state index contributed by atoms with van der Waals surface area (Å²) in [6.07, 6.45) is 7.64. The van der Waals surface area contributed by atoms with Crippen LogP contribution in [0.15, 0.2) is 104 Å². The number of nitrogens with one attached hydrogen (secondary N) is 1. The van der Waals surface area contributed by atoms with E-state index in [0.29, 0.717) is 0 Å². The number of anilines is 1. The molecule has 2 heterocycles. The topological polar surface area (TPSA) is 44.8 Å². The molecular formula is C33H36N4. The monoisotopic (exact) mass is 488 g/mol. The first kappa shape index (κ1) is 25.9. The van der Waals surface area contributed by atoms with Gasteiger partial charge in [0.05, 0.1) is 18.6 Å². The number of hydrogen-bond donors (Lipinski definition) is 1. The molecule has 5 aromatic rings. The number of rotatable bonds is 8. The Bertz CT molecular complexity index is 1420. The van der Waals surface area contributed by atoms with Crippen LogP contribution < -0.4 is 4.90 Å². The molecular weight excluding hydrogens is 452 g/mol. The van der Waals surface area contributed by atoms with Crippen molar-refractivity contribution >= 4 is 22.2 Å². The molecule has 3 aromatic carbocycles. The van der Waals surface area contributed by atoms with E-state index in [1.165, 1.54) is 33.0 Å². The first-order valence-corrected chi connectivity index (χ1v) is 13.0. The van der Waals surface area contributed by atoms with Crippen LogP contribution in [-0.2, 0) is 13.0 Å². The number of fused-ring (bicyclic) bond motifs is 1. The van der Waals surface area contributed by atoms with Crippen LogP contribution in [0.4, 0.5) is 5.82 Å². The molecule has 0 spiro atoms. The lowest BCUT2D eigenvalue weighted by atomic mass is 10.0. The number of aromatic amines is 1. The molecule has 0 fully saturated rings. The molecule has 0 saturated heterocycles. The molecule has 0 amide bonds. The third-order valence-electron chi connectivity index (χ3n) is 6.39. The second kappa shape index (κ2) is 12.7. The fourth-order valence-corrected chi connectivity index (χ4v) is 4.54. The number of benzene rings is 3. The average molecular weight is 489 g/mol. The number of pyridine rings is 1. The van der Waals surface area contributed by atoms with Crippen molar-refractivity contribution in [2.45, 2.75) is 40.2 Å². The van der Waals surface area contributed by atoms with E-state index >= 15 is 0 Å². The number of hydrogen-bond acceptors (Lipinski definition) is 3. The van der Waals surface area contributed by atoms with Crippen molar-refractivity contribution in [2.24, 2.45) is 0 Å². The van der Waals surface area contributed by atoms with Gasteiger partial charge in [-0.15, -0.1) is 0 Å². The van der Waals surface area contributed by atoms with Gasteiger partial charge in [-0.2, -0.15) is 0 Å². The van der Waals surface area contributed by atoms with Gasteiger partial charge in [0.15, 0.2) is 0 Å². The maximum atomic E-state index is 4.82. The van der Waals surface area contributed by atoms with Crippen LogP contribution >= 0.6 is 0 Å². The molecule has 0 unspecified atom stereocenters. The highest BCUT2D eigenvalue weighted by atomic mass is 15.2. The Balaban J connectivity index is 0.000000207. The minimum Gasteiger partial charge on any atom is -0.351 e. The van der Waals surface area contributed by atoms with Gasteiger partial charge in [0.1, 0.15) is 5.82 Å². The molecule has 0 atom stereocenters. The molecule has 0 saturated carbocycles. The second-order valence-corrected chi connectivity index (χ2v) is 9.23.